The van der Waals surface area contributed by atoms with Crippen molar-refractivity contribution in [3.8, 4) is 0 Å². The topological polar surface area (TPSA) is 4.93 Å². The third-order valence-electron chi connectivity index (χ3n) is 2.83. The molecule has 0 amide bonds. The standard InChI is InChI=1S/C15H17N/c1-5-6-13(4)16-10-12(3)14-8-7-11(2)9-15(14)16/h5-10H,4H2,1-3H3. The van der Waals surface area contributed by atoms with Gasteiger partial charge in [-0.25, -0.2) is 0 Å². The van der Waals surface area contributed by atoms with Crippen LogP contribution in [0.5, 0.6) is 0 Å². The highest BCUT2D eigenvalue weighted by atomic mass is 15.0. The van der Waals surface area contributed by atoms with Crippen molar-refractivity contribution in [2.75, 3.05) is 0 Å². The maximum Gasteiger partial charge on any atom is 0.0533 e. The maximum absolute atomic E-state index is 4.08. The molecule has 1 aromatic heterocycles. The van der Waals surface area contributed by atoms with Gasteiger partial charge in [-0.1, -0.05) is 24.8 Å². The van der Waals surface area contributed by atoms with Gasteiger partial charge in [0.2, 0.25) is 0 Å². The average Bonchev–Trinajstić information content (AvgIpc) is 2.56. The Bertz CT molecular complexity index is 570. The van der Waals surface area contributed by atoms with Crippen molar-refractivity contribution in [1.82, 2.24) is 4.57 Å². The number of hydrogen-bond acceptors (Lipinski definition) is 0. The number of fused-ring (bicyclic) bond motifs is 1. The molecule has 0 spiro atoms. The van der Waals surface area contributed by atoms with Crippen LogP contribution in [0.1, 0.15) is 18.1 Å². The molecular weight excluding hydrogens is 194 g/mol. The number of nitrogens with zero attached hydrogens (tertiary/aromatic N) is 1. The molecule has 1 aromatic carbocycles. The van der Waals surface area contributed by atoms with Gasteiger partial charge in [0.25, 0.3) is 0 Å². The highest BCUT2D eigenvalue weighted by Crippen LogP contribution is 2.24. The van der Waals surface area contributed by atoms with Gasteiger partial charge in [0.1, 0.15) is 0 Å². The van der Waals surface area contributed by atoms with Crippen molar-refractivity contribution in [3.05, 3.63) is 54.3 Å². The highest BCUT2D eigenvalue weighted by Gasteiger charge is 2.05. The van der Waals surface area contributed by atoms with Crippen LogP contribution in [0.15, 0.2) is 43.1 Å². The summed E-state index contributed by atoms with van der Waals surface area (Å²) in [6.45, 7) is 10.3. The third kappa shape index (κ3) is 1.69. The van der Waals surface area contributed by atoms with Crippen molar-refractivity contribution < 1.29 is 0 Å². The fourth-order valence-electron chi connectivity index (χ4n) is 2.02. The largest absolute Gasteiger partial charge is 0.317 e. The number of benzene rings is 1. The normalized spacial score (nSPS) is 11.4. The smallest absolute Gasteiger partial charge is 0.0533 e. The zero-order valence-corrected chi connectivity index (χ0v) is 10.1. The summed E-state index contributed by atoms with van der Waals surface area (Å²) in [6, 6.07) is 6.54. The van der Waals surface area contributed by atoms with E-state index >= 15 is 0 Å². The maximum atomic E-state index is 4.08. The van der Waals surface area contributed by atoms with E-state index in [0.29, 0.717) is 0 Å². The van der Waals surface area contributed by atoms with Crippen molar-refractivity contribution >= 4 is 16.6 Å². The molecule has 0 saturated carbocycles. The van der Waals surface area contributed by atoms with Crippen molar-refractivity contribution in [1.29, 1.82) is 0 Å². The molecule has 2 rings (SSSR count). The number of aromatic nitrogens is 1. The molecule has 0 N–H and O–H groups in total. The Morgan fingerprint density at radius 2 is 2.06 bits per heavy atom. The minimum Gasteiger partial charge on any atom is -0.317 e. The Balaban J connectivity index is 2.70. The van der Waals surface area contributed by atoms with E-state index in [2.05, 4.69) is 49.4 Å². The van der Waals surface area contributed by atoms with Crippen LogP contribution in [0, 0.1) is 13.8 Å². The minimum atomic E-state index is 1.01. The first kappa shape index (κ1) is 10.7. The number of hydrogen-bond donors (Lipinski definition) is 0. The van der Waals surface area contributed by atoms with Crippen LogP contribution in [-0.2, 0) is 0 Å². The molecule has 1 nitrogen and oxygen atoms in total. The molecule has 1 heteroatoms. The van der Waals surface area contributed by atoms with Gasteiger partial charge in [-0.3, -0.25) is 0 Å². The van der Waals surface area contributed by atoms with Crippen LogP contribution in [0.4, 0.5) is 0 Å². The molecule has 82 valence electrons. The highest BCUT2D eigenvalue weighted by molar-refractivity contribution is 5.88. The van der Waals surface area contributed by atoms with Gasteiger partial charge >= 0.3 is 0 Å². The molecule has 1 heterocycles. The van der Waals surface area contributed by atoms with E-state index in [0.717, 1.165) is 5.70 Å². The molecular formula is C15H17N. The van der Waals surface area contributed by atoms with Crippen LogP contribution >= 0.6 is 0 Å². The Morgan fingerprint density at radius 3 is 2.75 bits per heavy atom. The van der Waals surface area contributed by atoms with Gasteiger partial charge < -0.3 is 4.57 Å². The number of allylic oxidation sites excluding steroid dienone is 3. The fraction of sp³-hybridized carbons (Fsp3) is 0.200. The Labute approximate surface area is 96.7 Å². The molecule has 0 fully saturated rings. The minimum absolute atomic E-state index is 1.01. The van der Waals surface area contributed by atoms with E-state index in [1.165, 1.54) is 22.0 Å². The first-order valence-electron chi connectivity index (χ1n) is 5.54. The summed E-state index contributed by atoms with van der Waals surface area (Å²) in [7, 11) is 0. The Hall–Kier alpha value is -1.76. The molecule has 0 aliphatic carbocycles. The van der Waals surface area contributed by atoms with Gasteiger partial charge in [0.05, 0.1) is 5.52 Å². The second kappa shape index (κ2) is 4.01. The lowest BCUT2D eigenvalue weighted by molar-refractivity contribution is 1.17. The summed E-state index contributed by atoms with van der Waals surface area (Å²) in [5.41, 5.74) is 4.81. The van der Waals surface area contributed by atoms with Crippen LogP contribution in [0.3, 0.4) is 0 Å². The van der Waals surface area contributed by atoms with E-state index in [-0.39, 0.29) is 0 Å². The summed E-state index contributed by atoms with van der Waals surface area (Å²) in [5, 5.41) is 1.30. The molecule has 0 radical (unpaired) electrons. The lowest BCUT2D eigenvalue weighted by Gasteiger charge is -2.04. The summed E-state index contributed by atoms with van der Waals surface area (Å²) < 4.78 is 2.15. The molecule has 0 bridgehead atoms. The van der Waals surface area contributed by atoms with Crippen molar-refractivity contribution in [2.45, 2.75) is 20.8 Å². The first-order valence-corrected chi connectivity index (χ1v) is 5.54. The van der Waals surface area contributed by atoms with Crippen LogP contribution in [0.2, 0.25) is 0 Å². The predicted molar refractivity (Wildman–Crippen MR) is 71.6 cm³/mol. The Kier molecular flexibility index (Phi) is 2.69. The third-order valence-corrected chi connectivity index (χ3v) is 2.83. The first-order chi connectivity index (χ1) is 7.63. The molecule has 0 unspecified atom stereocenters. The van der Waals surface area contributed by atoms with E-state index < -0.39 is 0 Å². The van der Waals surface area contributed by atoms with Gasteiger partial charge in [-0.15, -0.1) is 0 Å². The molecule has 0 saturated heterocycles. The Morgan fingerprint density at radius 1 is 1.31 bits per heavy atom. The molecule has 0 aliphatic rings. The van der Waals surface area contributed by atoms with Gasteiger partial charge in [0, 0.05) is 17.3 Å². The van der Waals surface area contributed by atoms with Crippen molar-refractivity contribution in [2.24, 2.45) is 0 Å². The molecule has 0 atom stereocenters. The summed E-state index contributed by atoms with van der Waals surface area (Å²) >= 11 is 0. The molecule has 2 aromatic rings. The van der Waals surface area contributed by atoms with E-state index in [1.807, 2.05) is 19.1 Å². The van der Waals surface area contributed by atoms with Crippen LogP contribution in [-0.4, -0.2) is 4.57 Å². The van der Waals surface area contributed by atoms with Crippen LogP contribution in [0.25, 0.3) is 16.6 Å². The SMILES string of the molecule is C=C(C=CC)n1cc(C)c2ccc(C)cc21. The van der Waals surface area contributed by atoms with E-state index in [9.17, 15) is 0 Å². The molecule has 16 heavy (non-hydrogen) atoms. The van der Waals surface area contributed by atoms with E-state index in [1.54, 1.807) is 0 Å². The number of aryl methyl sites for hydroxylation is 2. The zero-order valence-electron chi connectivity index (χ0n) is 10.1. The van der Waals surface area contributed by atoms with Crippen molar-refractivity contribution in [3.63, 3.8) is 0 Å². The fourth-order valence-corrected chi connectivity index (χ4v) is 2.02. The number of rotatable bonds is 2. The predicted octanol–water partition coefficient (Wildman–Crippen LogP) is 4.30. The van der Waals surface area contributed by atoms with Gasteiger partial charge in [0.15, 0.2) is 0 Å². The second-order valence-corrected chi connectivity index (χ2v) is 4.19. The summed E-state index contributed by atoms with van der Waals surface area (Å²) in [5.74, 6) is 0. The summed E-state index contributed by atoms with van der Waals surface area (Å²) in [4.78, 5) is 0. The lowest BCUT2D eigenvalue weighted by Crippen LogP contribution is -1.90. The monoisotopic (exact) mass is 211 g/mol. The molecule has 0 aliphatic heterocycles. The second-order valence-electron chi connectivity index (χ2n) is 4.19. The average molecular weight is 211 g/mol. The van der Waals surface area contributed by atoms with E-state index in [4.69, 9.17) is 0 Å². The van der Waals surface area contributed by atoms with Crippen LogP contribution < -0.4 is 0 Å². The summed E-state index contributed by atoms with van der Waals surface area (Å²) in [6.07, 6.45) is 6.19. The quantitative estimate of drug-likeness (QED) is 0.652. The lowest BCUT2D eigenvalue weighted by atomic mass is 10.1. The van der Waals surface area contributed by atoms with Gasteiger partial charge in [-0.05, 0) is 44.0 Å². The van der Waals surface area contributed by atoms with Gasteiger partial charge in [-0.2, -0.15) is 0 Å². The zero-order chi connectivity index (χ0) is 11.7.